The molecule has 0 N–H and O–H groups in total. The van der Waals surface area contributed by atoms with E-state index >= 15 is 0 Å². The average molecular weight is 124 g/mol. The van der Waals surface area contributed by atoms with E-state index in [-0.39, 0.29) is 0 Å². The van der Waals surface area contributed by atoms with Crippen LogP contribution in [0.15, 0.2) is 24.3 Å². The molecule has 0 amide bonds. The van der Waals surface area contributed by atoms with Gasteiger partial charge in [-0.2, -0.15) is 0 Å². The van der Waals surface area contributed by atoms with Gasteiger partial charge < -0.3 is 0 Å². The van der Waals surface area contributed by atoms with Crippen molar-refractivity contribution in [1.82, 2.24) is 0 Å². The molecule has 0 spiro atoms. The Kier molecular flexibility index (Phi) is 5.29. The molecule has 0 atom stereocenters. The molecule has 0 radical (unpaired) electrons. The second-order valence-electron chi connectivity index (χ2n) is 2.22. The normalized spacial score (nSPS) is 10.4. The third-order valence-corrected chi connectivity index (χ3v) is 1.16. The highest BCUT2D eigenvalue weighted by atomic mass is 13.9. The fourth-order valence-electron chi connectivity index (χ4n) is 0.689. The quantitative estimate of drug-likeness (QED) is 0.504. The monoisotopic (exact) mass is 124 g/mol. The molecule has 0 heterocycles. The van der Waals surface area contributed by atoms with Gasteiger partial charge in [0.25, 0.3) is 0 Å². The molecule has 0 aliphatic rings. The third kappa shape index (κ3) is 5.35. The van der Waals surface area contributed by atoms with Crippen molar-refractivity contribution in [2.45, 2.75) is 33.1 Å². The van der Waals surface area contributed by atoms with Gasteiger partial charge in [-0.3, -0.25) is 0 Å². The number of rotatable bonds is 4. The van der Waals surface area contributed by atoms with Crippen LogP contribution in [0.25, 0.3) is 0 Å². The van der Waals surface area contributed by atoms with E-state index in [1.807, 2.05) is 0 Å². The second kappa shape index (κ2) is 5.61. The number of hydrogen-bond donors (Lipinski definition) is 0. The molecular weight excluding hydrogens is 108 g/mol. The summed E-state index contributed by atoms with van der Waals surface area (Å²) in [5.41, 5.74) is 1.25. The third-order valence-electron chi connectivity index (χ3n) is 1.16. The number of allylic oxidation sites excluding steroid dienone is 3. The molecule has 0 aromatic heterocycles. The van der Waals surface area contributed by atoms with Crippen LogP contribution in [0.2, 0.25) is 0 Å². The minimum Gasteiger partial charge on any atom is -0.0958 e. The first kappa shape index (κ1) is 8.48. The first-order chi connectivity index (χ1) is 4.31. The maximum absolute atomic E-state index is 3.90. The first-order valence-electron chi connectivity index (χ1n) is 3.65. The summed E-state index contributed by atoms with van der Waals surface area (Å²) in [4.78, 5) is 0. The van der Waals surface area contributed by atoms with Gasteiger partial charge in [0.05, 0.1) is 0 Å². The molecular formula is C9H16. The molecule has 0 rings (SSSR count). The Hall–Kier alpha value is -0.520. The summed E-state index contributed by atoms with van der Waals surface area (Å²) in [5, 5.41) is 0. The Labute approximate surface area is 58.3 Å². The lowest BCUT2D eigenvalue weighted by molar-refractivity contribution is 0.928. The lowest BCUT2D eigenvalue weighted by atomic mass is 10.1. The van der Waals surface area contributed by atoms with E-state index < -0.39 is 0 Å². The standard InChI is InChI=1S/C9H16/c1-4-6-8-9(3)7-5-2/h6,8H,3-5,7H2,1-2H3/b8-6-. The number of hydrogen-bond acceptors (Lipinski definition) is 0. The van der Waals surface area contributed by atoms with E-state index in [9.17, 15) is 0 Å². The Morgan fingerprint density at radius 3 is 2.56 bits per heavy atom. The molecule has 0 aromatic carbocycles. The molecule has 0 fully saturated rings. The SMILES string of the molecule is C=C(/C=C\CC)CCC. The van der Waals surface area contributed by atoms with Gasteiger partial charge in [-0.05, 0) is 12.8 Å². The van der Waals surface area contributed by atoms with Crippen molar-refractivity contribution in [3.63, 3.8) is 0 Å². The summed E-state index contributed by atoms with van der Waals surface area (Å²) in [5.74, 6) is 0. The molecule has 0 saturated carbocycles. The van der Waals surface area contributed by atoms with Gasteiger partial charge in [0, 0.05) is 0 Å². The topological polar surface area (TPSA) is 0 Å². The second-order valence-corrected chi connectivity index (χ2v) is 2.22. The maximum Gasteiger partial charge on any atom is -0.0287 e. The van der Waals surface area contributed by atoms with Crippen LogP contribution in [0.4, 0.5) is 0 Å². The molecule has 9 heavy (non-hydrogen) atoms. The van der Waals surface area contributed by atoms with Gasteiger partial charge >= 0.3 is 0 Å². The fraction of sp³-hybridized carbons (Fsp3) is 0.556. The average Bonchev–Trinajstić information content (AvgIpc) is 1.85. The predicted molar refractivity (Wildman–Crippen MR) is 43.5 cm³/mol. The summed E-state index contributed by atoms with van der Waals surface area (Å²) in [6, 6.07) is 0. The van der Waals surface area contributed by atoms with Crippen molar-refractivity contribution in [3.8, 4) is 0 Å². The Morgan fingerprint density at radius 2 is 2.11 bits per heavy atom. The van der Waals surface area contributed by atoms with E-state index in [4.69, 9.17) is 0 Å². The smallest absolute Gasteiger partial charge is 0.0287 e. The van der Waals surface area contributed by atoms with Gasteiger partial charge in [0.2, 0.25) is 0 Å². The van der Waals surface area contributed by atoms with E-state index in [0.717, 1.165) is 12.8 Å². The summed E-state index contributed by atoms with van der Waals surface area (Å²) in [7, 11) is 0. The lowest BCUT2D eigenvalue weighted by Crippen LogP contribution is -1.72. The van der Waals surface area contributed by atoms with Crippen molar-refractivity contribution in [2.24, 2.45) is 0 Å². The van der Waals surface area contributed by atoms with Crippen LogP contribution < -0.4 is 0 Å². The van der Waals surface area contributed by atoms with E-state index in [2.05, 4.69) is 32.6 Å². The molecule has 0 bridgehead atoms. The zero-order valence-electron chi connectivity index (χ0n) is 6.48. The van der Waals surface area contributed by atoms with Crippen molar-refractivity contribution in [2.75, 3.05) is 0 Å². The van der Waals surface area contributed by atoms with Crippen LogP contribution >= 0.6 is 0 Å². The van der Waals surface area contributed by atoms with Crippen LogP contribution in [0.3, 0.4) is 0 Å². The van der Waals surface area contributed by atoms with Gasteiger partial charge in [0.15, 0.2) is 0 Å². The highest BCUT2D eigenvalue weighted by molar-refractivity contribution is 5.13. The minimum atomic E-state index is 1.11. The predicted octanol–water partition coefficient (Wildman–Crippen LogP) is 3.31. The molecule has 0 aliphatic heterocycles. The van der Waals surface area contributed by atoms with Gasteiger partial charge in [-0.25, -0.2) is 0 Å². The zero-order chi connectivity index (χ0) is 7.11. The van der Waals surface area contributed by atoms with E-state index in [0.29, 0.717) is 0 Å². The Balaban J connectivity index is 3.37. The molecule has 0 unspecified atom stereocenters. The first-order valence-corrected chi connectivity index (χ1v) is 3.65. The Bertz CT molecular complexity index is 98.6. The molecule has 52 valence electrons. The van der Waals surface area contributed by atoms with E-state index in [1.165, 1.54) is 12.0 Å². The summed E-state index contributed by atoms with van der Waals surface area (Å²) in [6.45, 7) is 8.20. The summed E-state index contributed by atoms with van der Waals surface area (Å²) < 4.78 is 0. The van der Waals surface area contributed by atoms with Crippen LogP contribution in [0.1, 0.15) is 33.1 Å². The maximum atomic E-state index is 3.90. The van der Waals surface area contributed by atoms with Gasteiger partial charge in [-0.15, -0.1) is 0 Å². The molecule has 0 aromatic rings. The van der Waals surface area contributed by atoms with Crippen molar-refractivity contribution in [3.05, 3.63) is 24.3 Å². The highest BCUT2D eigenvalue weighted by Gasteiger charge is 1.82. The molecule has 0 saturated heterocycles. The summed E-state index contributed by atoms with van der Waals surface area (Å²) in [6.07, 6.45) is 7.72. The molecule has 0 nitrogen and oxygen atoms in total. The van der Waals surface area contributed by atoms with Crippen molar-refractivity contribution in [1.29, 1.82) is 0 Å². The minimum absolute atomic E-state index is 1.11. The zero-order valence-corrected chi connectivity index (χ0v) is 6.48. The van der Waals surface area contributed by atoms with Gasteiger partial charge in [0.1, 0.15) is 0 Å². The molecule has 0 aliphatic carbocycles. The fourth-order valence-corrected chi connectivity index (χ4v) is 0.689. The van der Waals surface area contributed by atoms with Crippen molar-refractivity contribution < 1.29 is 0 Å². The molecule has 0 heteroatoms. The lowest BCUT2D eigenvalue weighted by Gasteiger charge is -1.92. The van der Waals surface area contributed by atoms with Crippen LogP contribution in [0, 0.1) is 0 Å². The van der Waals surface area contributed by atoms with Crippen LogP contribution in [-0.4, -0.2) is 0 Å². The van der Waals surface area contributed by atoms with Crippen LogP contribution in [-0.2, 0) is 0 Å². The highest BCUT2D eigenvalue weighted by Crippen LogP contribution is 2.02. The summed E-state index contributed by atoms with van der Waals surface area (Å²) >= 11 is 0. The van der Waals surface area contributed by atoms with Gasteiger partial charge in [-0.1, -0.05) is 44.6 Å². The van der Waals surface area contributed by atoms with Crippen LogP contribution in [0.5, 0.6) is 0 Å². The Morgan fingerprint density at radius 1 is 1.44 bits per heavy atom. The van der Waals surface area contributed by atoms with E-state index in [1.54, 1.807) is 0 Å². The van der Waals surface area contributed by atoms with Crippen molar-refractivity contribution >= 4 is 0 Å². The largest absolute Gasteiger partial charge is 0.0958 e.